The molecule has 0 aromatic carbocycles. The fourth-order valence-electron chi connectivity index (χ4n) is 1.73. The van der Waals surface area contributed by atoms with Crippen LogP contribution >= 0.6 is 23.6 Å². The summed E-state index contributed by atoms with van der Waals surface area (Å²) in [6.45, 7) is 0. The van der Waals surface area contributed by atoms with Gasteiger partial charge in [0.15, 0.2) is 0 Å². The Balaban J connectivity index is 2.25. The Morgan fingerprint density at radius 3 is 3.00 bits per heavy atom. The molecule has 0 spiro atoms. The maximum absolute atomic E-state index is 4.86. The van der Waals surface area contributed by atoms with Crippen LogP contribution in [0.2, 0.25) is 0 Å². The van der Waals surface area contributed by atoms with Gasteiger partial charge in [0.1, 0.15) is 0 Å². The highest BCUT2D eigenvalue weighted by Gasteiger charge is 2.12. The van der Waals surface area contributed by atoms with Crippen LogP contribution in [0.1, 0.15) is 28.2 Å². The van der Waals surface area contributed by atoms with E-state index in [1.54, 1.807) is 10.4 Å². The van der Waals surface area contributed by atoms with E-state index in [0.29, 0.717) is 0 Å². The number of aryl methyl sites for hydroxylation is 2. The standard InChI is InChI=1S/C10H12S2/c11-6-5-9-7-8-3-1-2-4-10(8)12-9/h6-7H,1-5H2. The number of rotatable bonds is 2. The Kier molecular flexibility index (Phi) is 2.57. The minimum Gasteiger partial charge on any atom is -0.145 e. The molecule has 1 aromatic rings. The third kappa shape index (κ3) is 1.59. The molecule has 1 heterocycles. The van der Waals surface area contributed by atoms with Gasteiger partial charge < -0.3 is 0 Å². The smallest absolute Gasteiger partial charge is 0.0102 e. The van der Waals surface area contributed by atoms with Crippen LogP contribution in [0.4, 0.5) is 0 Å². The summed E-state index contributed by atoms with van der Waals surface area (Å²) in [5.41, 5.74) is 1.60. The van der Waals surface area contributed by atoms with Gasteiger partial charge in [0, 0.05) is 16.2 Å². The molecule has 0 saturated carbocycles. The van der Waals surface area contributed by atoms with Crippen LogP contribution in [0.5, 0.6) is 0 Å². The lowest BCUT2D eigenvalue weighted by atomic mass is 9.99. The van der Waals surface area contributed by atoms with Crippen molar-refractivity contribution in [3.05, 3.63) is 21.4 Å². The molecule has 2 heteroatoms. The van der Waals surface area contributed by atoms with Crippen LogP contribution in [0.15, 0.2) is 6.07 Å². The normalized spacial score (nSPS) is 15.7. The molecule has 1 aromatic heterocycles. The molecule has 0 nitrogen and oxygen atoms in total. The molecule has 1 aliphatic rings. The van der Waals surface area contributed by atoms with E-state index in [0.717, 1.165) is 6.42 Å². The van der Waals surface area contributed by atoms with E-state index >= 15 is 0 Å². The zero-order valence-corrected chi connectivity index (χ0v) is 8.64. The van der Waals surface area contributed by atoms with Crippen LogP contribution in [-0.4, -0.2) is 5.37 Å². The van der Waals surface area contributed by atoms with Crippen molar-refractivity contribution in [3.63, 3.8) is 0 Å². The van der Waals surface area contributed by atoms with Crippen molar-refractivity contribution in [1.29, 1.82) is 0 Å². The maximum atomic E-state index is 4.86. The molecule has 0 bridgehead atoms. The molecule has 0 unspecified atom stereocenters. The summed E-state index contributed by atoms with van der Waals surface area (Å²) < 4.78 is 0. The topological polar surface area (TPSA) is 0 Å². The van der Waals surface area contributed by atoms with Crippen molar-refractivity contribution in [2.75, 3.05) is 0 Å². The number of thiocarbonyl (C=S) groups is 1. The van der Waals surface area contributed by atoms with Gasteiger partial charge in [-0.2, -0.15) is 0 Å². The van der Waals surface area contributed by atoms with E-state index in [1.165, 1.54) is 30.6 Å². The van der Waals surface area contributed by atoms with E-state index in [1.807, 2.05) is 16.7 Å². The summed E-state index contributed by atoms with van der Waals surface area (Å²) in [7, 11) is 0. The summed E-state index contributed by atoms with van der Waals surface area (Å²) in [6, 6.07) is 2.35. The van der Waals surface area contributed by atoms with Gasteiger partial charge in [-0.05, 0) is 42.7 Å². The van der Waals surface area contributed by atoms with Gasteiger partial charge in [0.2, 0.25) is 0 Å². The molecule has 0 amide bonds. The van der Waals surface area contributed by atoms with Gasteiger partial charge in [0.25, 0.3) is 0 Å². The van der Waals surface area contributed by atoms with E-state index in [-0.39, 0.29) is 0 Å². The Bertz CT molecular complexity index is 263. The molecule has 0 aliphatic heterocycles. The molecule has 12 heavy (non-hydrogen) atoms. The first-order valence-electron chi connectivity index (χ1n) is 4.44. The lowest BCUT2D eigenvalue weighted by Gasteiger charge is -2.08. The lowest BCUT2D eigenvalue weighted by Crippen LogP contribution is -1.96. The van der Waals surface area contributed by atoms with Crippen molar-refractivity contribution in [2.45, 2.75) is 32.1 Å². The Hall–Kier alpha value is -0.210. The number of thiophene rings is 1. The van der Waals surface area contributed by atoms with Gasteiger partial charge in [-0.3, -0.25) is 0 Å². The first kappa shape index (κ1) is 8.39. The zero-order valence-electron chi connectivity index (χ0n) is 7.01. The maximum Gasteiger partial charge on any atom is 0.0102 e. The van der Waals surface area contributed by atoms with Gasteiger partial charge in [0.05, 0.1) is 0 Å². The van der Waals surface area contributed by atoms with Gasteiger partial charge in [-0.25, -0.2) is 0 Å². The highest BCUT2D eigenvalue weighted by atomic mass is 32.1. The average Bonchev–Trinajstić information content (AvgIpc) is 2.47. The van der Waals surface area contributed by atoms with Gasteiger partial charge >= 0.3 is 0 Å². The summed E-state index contributed by atoms with van der Waals surface area (Å²) in [6.07, 6.45) is 6.33. The molecule has 64 valence electrons. The largest absolute Gasteiger partial charge is 0.145 e. The van der Waals surface area contributed by atoms with Crippen molar-refractivity contribution >= 4 is 28.9 Å². The molecule has 0 atom stereocenters. The van der Waals surface area contributed by atoms with Crippen molar-refractivity contribution in [2.24, 2.45) is 0 Å². The van der Waals surface area contributed by atoms with E-state index in [4.69, 9.17) is 12.2 Å². The second-order valence-corrected chi connectivity index (χ2v) is 4.79. The molecular weight excluding hydrogens is 184 g/mol. The van der Waals surface area contributed by atoms with Crippen molar-refractivity contribution < 1.29 is 0 Å². The predicted molar refractivity (Wildman–Crippen MR) is 58.3 cm³/mol. The Morgan fingerprint density at radius 2 is 2.25 bits per heavy atom. The van der Waals surface area contributed by atoms with Crippen molar-refractivity contribution in [3.8, 4) is 0 Å². The third-order valence-electron chi connectivity index (χ3n) is 2.33. The van der Waals surface area contributed by atoms with Crippen LogP contribution in [0, 0.1) is 0 Å². The summed E-state index contributed by atoms with van der Waals surface area (Å²) in [5.74, 6) is 0. The van der Waals surface area contributed by atoms with E-state index in [2.05, 4.69) is 6.07 Å². The molecule has 2 rings (SSSR count). The lowest BCUT2D eigenvalue weighted by molar-refractivity contribution is 0.697. The molecule has 0 radical (unpaired) electrons. The minimum atomic E-state index is 0.979. The number of fused-ring (bicyclic) bond motifs is 1. The molecule has 1 aliphatic carbocycles. The second kappa shape index (κ2) is 3.67. The Labute approximate surface area is 82.6 Å². The summed E-state index contributed by atoms with van der Waals surface area (Å²) >= 11 is 6.82. The van der Waals surface area contributed by atoms with Crippen LogP contribution in [-0.2, 0) is 19.3 Å². The Morgan fingerprint density at radius 1 is 1.42 bits per heavy atom. The highest BCUT2D eigenvalue weighted by Crippen LogP contribution is 2.29. The molecular formula is C10H12S2. The predicted octanol–water partition coefficient (Wildman–Crippen LogP) is 3.17. The van der Waals surface area contributed by atoms with E-state index in [9.17, 15) is 0 Å². The fraction of sp³-hybridized carbons (Fsp3) is 0.500. The summed E-state index contributed by atoms with van der Waals surface area (Å²) in [5, 5.41) is 1.83. The molecule has 0 N–H and O–H groups in total. The average molecular weight is 196 g/mol. The van der Waals surface area contributed by atoms with Gasteiger partial charge in [-0.1, -0.05) is 12.2 Å². The second-order valence-electron chi connectivity index (χ2n) is 3.24. The highest BCUT2D eigenvalue weighted by molar-refractivity contribution is 7.79. The quantitative estimate of drug-likeness (QED) is 0.655. The number of hydrogen-bond donors (Lipinski definition) is 0. The monoisotopic (exact) mass is 196 g/mol. The van der Waals surface area contributed by atoms with Crippen LogP contribution in [0.25, 0.3) is 0 Å². The first-order chi connectivity index (χ1) is 5.90. The molecule has 0 saturated heterocycles. The summed E-state index contributed by atoms with van der Waals surface area (Å²) in [4.78, 5) is 3.07. The fourth-order valence-corrected chi connectivity index (χ4v) is 3.24. The minimum absolute atomic E-state index is 0.979. The van der Waals surface area contributed by atoms with Gasteiger partial charge in [-0.15, -0.1) is 11.3 Å². The first-order valence-corrected chi connectivity index (χ1v) is 5.73. The van der Waals surface area contributed by atoms with E-state index < -0.39 is 0 Å². The third-order valence-corrected chi connectivity index (χ3v) is 3.76. The van der Waals surface area contributed by atoms with Crippen molar-refractivity contribution in [1.82, 2.24) is 0 Å². The van der Waals surface area contributed by atoms with Crippen LogP contribution < -0.4 is 0 Å². The number of hydrogen-bond acceptors (Lipinski definition) is 2. The molecule has 0 fully saturated rings. The van der Waals surface area contributed by atoms with Crippen LogP contribution in [0.3, 0.4) is 0 Å². The SMILES string of the molecule is S=CCc1cc2c(s1)CCCC2. The zero-order chi connectivity index (χ0) is 8.39.